The number of hydrogen-bond acceptors (Lipinski definition) is 3. The van der Waals surface area contributed by atoms with E-state index in [9.17, 15) is 4.79 Å². The van der Waals surface area contributed by atoms with Crippen LogP contribution in [0.2, 0.25) is 0 Å². The Bertz CT molecular complexity index is 370. The van der Waals surface area contributed by atoms with Crippen LogP contribution in [0.3, 0.4) is 0 Å². The van der Waals surface area contributed by atoms with Crippen LogP contribution >= 0.6 is 0 Å². The van der Waals surface area contributed by atoms with E-state index in [1.54, 1.807) is 18.2 Å². The summed E-state index contributed by atoms with van der Waals surface area (Å²) in [4.78, 5) is 11.1. The Morgan fingerprint density at radius 1 is 1.67 bits per heavy atom. The Kier molecular flexibility index (Phi) is 1.31. The number of carbonyl (C=O) groups excluding carboxylic acids is 1. The highest BCUT2D eigenvalue weighted by molar-refractivity contribution is 6.16. The van der Waals surface area contributed by atoms with Gasteiger partial charge in [0.15, 0.2) is 0 Å². The molecule has 0 saturated carbocycles. The highest BCUT2D eigenvalue weighted by Crippen LogP contribution is 2.21. The number of nitrogens with zero attached hydrogens (tertiary/aromatic N) is 2. The van der Waals surface area contributed by atoms with E-state index in [-0.39, 0.29) is 5.91 Å². The number of carbonyl (C=O) groups is 1. The van der Waals surface area contributed by atoms with E-state index in [2.05, 4.69) is 10.5 Å². The van der Waals surface area contributed by atoms with Gasteiger partial charge >= 0.3 is 0 Å². The number of allylic oxidation sites excluding steroid dienone is 3. The molecule has 12 heavy (non-hydrogen) atoms. The van der Waals surface area contributed by atoms with Crippen LogP contribution in [0.15, 0.2) is 28.9 Å². The molecule has 0 aromatic rings. The van der Waals surface area contributed by atoms with Crippen LogP contribution in [0.1, 0.15) is 0 Å². The summed E-state index contributed by atoms with van der Waals surface area (Å²) in [5, 5.41) is 12.4. The summed E-state index contributed by atoms with van der Waals surface area (Å²) in [5.74, 6) is -0.692. The van der Waals surface area contributed by atoms with E-state index in [0.29, 0.717) is 11.3 Å². The third kappa shape index (κ3) is 0.768. The molecule has 0 saturated heterocycles. The van der Waals surface area contributed by atoms with Gasteiger partial charge in [-0.1, -0.05) is 6.08 Å². The Morgan fingerprint density at radius 3 is 3.25 bits per heavy atom. The van der Waals surface area contributed by atoms with E-state index in [4.69, 9.17) is 5.26 Å². The largest absolute Gasteiger partial charge is 0.272 e. The predicted octanol–water partition coefficient (Wildman–Crippen LogP) is 0.108. The number of hydrazone groups is 1. The fourth-order valence-corrected chi connectivity index (χ4v) is 1.27. The van der Waals surface area contributed by atoms with Gasteiger partial charge < -0.3 is 0 Å². The molecule has 4 nitrogen and oxygen atoms in total. The Labute approximate surface area is 68.9 Å². The van der Waals surface area contributed by atoms with E-state index in [1.165, 1.54) is 0 Å². The van der Waals surface area contributed by atoms with Crippen molar-refractivity contribution in [3.05, 3.63) is 23.8 Å². The van der Waals surface area contributed by atoms with E-state index < -0.39 is 5.92 Å². The van der Waals surface area contributed by atoms with Gasteiger partial charge in [-0.15, -0.1) is 0 Å². The first-order valence-corrected chi connectivity index (χ1v) is 3.48. The van der Waals surface area contributed by atoms with Crippen LogP contribution in [0, 0.1) is 17.2 Å². The molecule has 0 bridgehead atoms. The summed E-state index contributed by atoms with van der Waals surface area (Å²) >= 11 is 0. The number of rotatable bonds is 0. The molecule has 1 heterocycles. The highest BCUT2D eigenvalue weighted by atomic mass is 16.2. The third-order valence-electron chi connectivity index (χ3n) is 1.84. The van der Waals surface area contributed by atoms with Gasteiger partial charge in [0.25, 0.3) is 5.91 Å². The summed E-state index contributed by atoms with van der Waals surface area (Å²) < 4.78 is 0. The molecular formula is C8H5N3O. The standard InChI is InChI=1S/C8H5N3O/c9-4-5-2-1-3-6-7(5)8(12)11-10-6/h1-3,7H,(H,11,12). The fraction of sp³-hybridized carbons (Fsp3) is 0.125. The molecule has 4 heteroatoms. The average Bonchev–Trinajstić information content (AvgIpc) is 2.48. The quantitative estimate of drug-likeness (QED) is 0.545. The lowest BCUT2D eigenvalue weighted by Crippen LogP contribution is -2.24. The predicted molar refractivity (Wildman–Crippen MR) is 41.9 cm³/mol. The van der Waals surface area contributed by atoms with E-state index in [0.717, 1.165) is 0 Å². The highest BCUT2D eigenvalue weighted by Gasteiger charge is 2.33. The molecule has 0 radical (unpaired) electrons. The number of amides is 1. The number of nitriles is 1. The van der Waals surface area contributed by atoms with Crippen LogP contribution in [-0.2, 0) is 4.79 Å². The van der Waals surface area contributed by atoms with Crippen molar-refractivity contribution in [1.82, 2.24) is 5.43 Å². The van der Waals surface area contributed by atoms with Gasteiger partial charge in [0.05, 0.1) is 11.8 Å². The van der Waals surface area contributed by atoms with Gasteiger partial charge in [-0.3, -0.25) is 4.79 Å². The topological polar surface area (TPSA) is 65.2 Å². The first-order valence-electron chi connectivity index (χ1n) is 3.48. The molecule has 0 aromatic carbocycles. The van der Waals surface area contributed by atoms with Crippen LogP contribution in [0.5, 0.6) is 0 Å². The molecule has 1 atom stereocenters. The summed E-state index contributed by atoms with van der Waals surface area (Å²) in [7, 11) is 0. The molecule has 2 aliphatic rings. The van der Waals surface area contributed by atoms with Crippen molar-refractivity contribution in [2.45, 2.75) is 0 Å². The molecule has 0 aromatic heterocycles. The van der Waals surface area contributed by atoms with Gasteiger partial charge in [0.2, 0.25) is 0 Å². The summed E-state index contributed by atoms with van der Waals surface area (Å²) in [6, 6.07) is 1.97. The monoisotopic (exact) mass is 159 g/mol. The molecule has 1 aliphatic heterocycles. The molecule has 58 valence electrons. The average molecular weight is 159 g/mol. The Morgan fingerprint density at radius 2 is 2.50 bits per heavy atom. The molecule has 2 rings (SSSR count). The lowest BCUT2D eigenvalue weighted by molar-refractivity contribution is -0.121. The second-order valence-corrected chi connectivity index (χ2v) is 2.54. The smallest absolute Gasteiger partial charge is 0.254 e. The lowest BCUT2D eigenvalue weighted by atomic mass is 9.91. The van der Waals surface area contributed by atoms with Crippen molar-refractivity contribution in [2.24, 2.45) is 11.0 Å². The summed E-state index contributed by atoms with van der Waals surface area (Å²) in [6.07, 6.45) is 5.08. The van der Waals surface area contributed by atoms with Crippen LogP contribution in [-0.4, -0.2) is 11.6 Å². The number of fused-ring (bicyclic) bond motifs is 1. The van der Waals surface area contributed by atoms with Crippen molar-refractivity contribution >= 4 is 11.6 Å². The Balaban J connectivity index is 2.46. The second kappa shape index (κ2) is 2.31. The molecule has 1 N–H and O–H groups in total. The minimum Gasteiger partial charge on any atom is -0.272 e. The number of hydrogen-bond donors (Lipinski definition) is 1. The summed E-state index contributed by atoms with van der Waals surface area (Å²) in [5.41, 5.74) is 3.41. The zero-order valence-electron chi connectivity index (χ0n) is 6.11. The minimum atomic E-state index is -0.472. The van der Waals surface area contributed by atoms with Crippen molar-refractivity contribution in [3.63, 3.8) is 0 Å². The molecule has 0 spiro atoms. The maximum absolute atomic E-state index is 11.1. The third-order valence-corrected chi connectivity index (χ3v) is 1.84. The fourth-order valence-electron chi connectivity index (χ4n) is 1.27. The minimum absolute atomic E-state index is 0.220. The normalized spacial score (nSPS) is 25.2. The molecule has 1 unspecified atom stereocenters. The first kappa shape index (κ1) is 6.80. The Hall–Kier alpha value is -1.89. The maximum atomic E-state index is 11.1. The van der Waals surface area contributed by atoms with Crippen LogP contribution in [0.25, 0.3) is 0 Å². The van der Waals surface area contributed by atoms with Crippen molar-refractivity contribution in [1.29, 1.82) is 5.26 Å². The van der Waals surface area contributed by atoms with Gasteiger partial charge in [-0.25, -0.2) is 5.43 Å². The van der Waals surface area contributed by atoms with Crippen molar-refractivity contribution in [2.75, 3.05) is 0 Å². The van der Waals surface area contributed by atoms with Crippen LogP contribution < -0.4 is 5.43 Å². The summed E-state index contributed by atoms with van der Waals surface area (Å²) in [6.45, 7) is 0. The van der Waals surface area contributed by atoms with Crippen LogP contribution in [0.4, 0.5) is 0 Å². The number of nitrogens with one attached hydrogen (secondary N) is 1. The van der Waals surface area contributed by atoms with E-state index >= 15 is 0 Å². The van der Waals surface area contributed by atoms with Crippen molar-refractivity contribution in [3.8, 4) is 6.07 Å². The SMILES string of the molecule is N#CC1=CC=CC2=NNC(=O)C12. The van der Waals surface area contributed by atoms with Crippen molar-refractivity contribution < 1.29 is 4.79 Å². The van der Waals surface area contributed by atoms with Gasteiger partial charge in [0.1, 0.15) is 5.92 Å². The zero-order valence-corrected chi connectivity index (χ0v) is 6.11. The van der Waals surface area contributed by atoms with Gasteiger partial charge in [-0.2, -0.15) is 10.4 Å². The molecular weight excluding hydrogens is 154 g/mol. The van der Waals surface area contributed by atoms with E-state index in [1.807, 2.05) is 6.07 Å². The lowest BCUT2D eigenvalue weighted by Gasteiger charge is -2.08. The molecule has 1 aliphatic carbocycles. The first-order chi connectivity index (χ1) is 5.83. The zero-order chi connectivity index (χ0) is 8.55. The molecule has 0 fully saturated rings. The molecule has 1 amide bonds. The maximum Gasteiger partial charge on any atom is 0.254 e. The van der Waals surface area contributed by atoms with Gasteiger partial charge in [-0.05, 0) is 12.2 Å². The van der Waals surface area contributed by atoms with Gasteiger partial charge in [0, 0.05) is 5.57 Å². The second-order valence-electron chi connectivity index (χ2n) is 2.54.